The third kappa shape index (κ3) is 2.59. The Balaban J connectivity index is 2.80. The molecule has 1 rings (SSSR count). The van der Waals surface area contributed by atoms with E-state index in [1.165, 1.54) is 0 Å². The van der Waals surface area contributed by atoms with Crippen LogP contribution in [-0.2, 0) is 5.41 Å². The predicted octanol–water partition coefficient (Wildman–Crippen LogP) is 2.60. The molecule has 2 heteroatoms. The molecule has 1 heterocycles. The second-order valence-corrected chi connectivity index (χ2v) is 4.48. The van der Waals surface area contributed by atoms with Crippen LogP contribution in [0.15, 0.2) is 16.5 Å². The smallest absolute Gasteiger partial charge is 0.109 e. The largest absolute Gasteiger partial charge is 0.466 e. The van der Waals surface area contributed by atoms with Gasteiger partial charge in [-0.25, -0.2) is 0 Å². The lowest BCUT2D eigenvalue weighted by Gasteiger charge is -2.23. The van der Waals surface area contributed by atoms with Crippen molar-refractivity contribution in [1.29, 1.82) is 0 Å². The number of hydrogen-bond acceptors (Lipinski definition) is 2. The highest BCUT2D eigenvalue weighted by Gasteiger charge is 2.25. The molecule has 74 valence electrons. The van der Waals surface area contributed by atoms with Crippen LogP contribution in [0.3, 0.4) is 0 Å². The zero-order chi connectivity index (χ0) is 10.1. The molecule has 0 aliphatic heterocycles. The lowest BCUT2D eigenvalue weighted by Crippen LogP contribution is -2.27. The highest BCUT2D eigenvalue weighted by atomic mass is 16.3. The van der Waals surface area contributed by atoms with E-state index in [-0.39, 0.29) is 11.5 Å². The minimum atomic E-state index is 0.0441. The van der Waals surface area contributed by atoms with Gasteiger partial charge < -0.3 is 10.2 Å². The van der Waals surface area contributed by atoms with Crippen molar-refractivity contribution in [3.8, 4) is 0 Å². The molecule has 0 aliphatic rings. The Bertz CT molecular complexity index is 273. The van der Waals surface area contributed by atoms with Gasteiger partial charge in [-0.05, 0) is 32.4 Å². The molecule has 1 aromatic rings. The third-order valence-corrected chi connectivity index (χ3v) is 2.24. The second-order valence-electron chi connectivity index (χ2n) is 4.48. The molecular weight excluding hydrogens is 162 g/mol. The van der Waals surface area contributed by atoms with Crippen LogP contribution in [0.5, 0.6) is 0 Å². The van der Waals surface area contributed by atoms with Crippen molar-refractivity contribution in [2.45, 2.75) is 45.6 Å². The van der Waals surface area contributed by atoms with Gasteiger partial charge in [-0.3, -0.25) is 0 Å². The summed E-state index contributed by atoms with van der Waals surface area (Å²) < 4.78 is 5.59. The molecule has 2 nitrogen and oxygen atoms in total. The SMILES string of the molecule is Cc1ccc(C(C)(C)CC(C)N)o1. The molecule has 2 N–H and O–H groups in total. The second kappa shape index (κ2) is 3.54. The molecule has 0 aromatic carbocycles. The minimum absolute atomic E-state index is 0.0441. The Morgan fingerprint density at radius 2 is 2.08 bits per heavy atom. The first-order valence-corrected chi connectivity index (χ1v) is 4.74. The van der Waals surface area contributed by atoms with Crippen LogP contribution in [0, 0.1) is 6.92 Å². The highest BCUT2D eigenvalue weighted by Crippen LogP contribution is 2.29. The van der Waals surface area contributed by atoms with Gasteiger partial charge >= 0.3 is 0 Å². The molecule has 0 radical (unpaired) electrons. The van der Waals surface area contributed by atoms with Crippen LogP contribution in [0.2, 0.25) is 0 Å². The van der Waals surface area contributed by atoms with Gasteiger partial charge in [-0.1, -0.05) is 13.8 Å². The first-order chi connectivity index (χ1) is 5.92. The zero-order valence-corrected chi connectivity index (χ0v) is 8.92. The summed E-state index contributed by atoms with van der Waals surface area (Å²) >= 11 is 0. The van der Waals surface area contributed by atoms with E-state index in [0.29, 0.717) is 0 Å². The number of furan rings is 1. The maximum Gasteiger partial charge on any atom is 0.109 e. The fourth-order valence-corrected chi connectivity index (χ4v) is 1.70. The average Bonchev–Trinajstić information content (AvgIpc) is 2.32. The van der Waals surface area contributed by atoms with Crippen LogP contribution in [-0.4, -0.2) is 6.04 Å². The summed E-state index contributed by atoms with van der Waals surface area (Å²) in [4.78, 5) is 0. The zero-order valence-electron chi connectivity index (χ0n) is 8.92. The molecule has 0 amide bonds. The van der Waals surface area contributed by atoms with Crippen LogP contribution < -0.4 is 5.73 Å². The highest BCUT2D eigenvalue weighted by molar-refractivity contribution is 5.14. The summed E-state index contributed by atoms with van der Waals surface area (Å²) in [5.74, 6) is 2.00. The van der Waals surface area contributed by atoms with E-state index in [1.807, 2.05) is 26.0 Å². The molecule has 0 saturated carbocycles. The topological polar surface area (TPSA) is 39.2 Å². The Hall–Kier alpha value is -0.760. The monoisotopic (exact) mass is 181 g/mol. The maximum atomic E-state index is 5.78. The molecule has 0 saturated heterocycles. The number of rotatable bonds is 3. The van der Waals surface area contributed by atoms with E-state index < -0.39 is 0 Å². The first kappa shape index (κ1) is 10.3. The number of hydrogen-bond donors (Lipinski definition) is 1. The Kier molecular flexibility index (Phi) is 2.81. The number of nitrogens with two attached hydrogens (primary N) is 1. The van der Waals surface area contributed by atoms with E-state index >= 15 is 0 Å². The Morgan fingerprint density at radius 3 is 2.46 bits per heavy atom. The summed E-state index contributed by atoms with van der Waals surface area (Å²) in [5, 5.41) is 0. The van der Waals surface area contributed by atoms with Gasteiger partial charge in [-0.15, -0.1) is 0 Å². The minimum Gasteiger partial charge on any atom is -0.466 e. The average molecular weight is 181 g/mol. The quantitative estimate of drug-likeness (QED) is 0.778. The normalized spacial score (nSPS) is 14.5. The molecule has 1 unspecified atom stereocenters. The maximum absolute atomic E-state index is 5.78. The summed E-state index contributed by atoms with van der Waals surface area (Å²) in [6, 6.07) is 4.25. The van der Waals surface area contributed by atoms with Gasteiger partial charge in [0.1, 0.15) is 11.5 Å². The van der Waals surface area contributed by atoms with E-state index in [4.69, 9.17) is 10.2 Å². The molecule has 1 atom stereocenters. The summed E-state index contributed by atoms with van der Waals surface area (Å²) in [6.07, 6.45) is 0.944. The van der Waals surface area contributed by atoms with Crippen LogP contribution in [0.25, 0.3) is 0 Å². The summed E-state index contributed by atoms with van der Waals surface area (Å²) in [7, 11) is 0. The Morgan fingerprint density at radius 1 is 1.46 bits per heavy atom. The number of aryl methyl sites for hydroxylation is 1. The third-order valence-electron chi connectivity index (χ3n) is 2.24. The first-order valence-electron chi connectivity index (χ1n) is 4.74. The van der Waals surface area contributed by atoms with Crippen molar-refractivity contribution >= 4 is 0 Å². The van der Waals surface area contributed by atoms with Gasteiger partial charge in [0.25, 0.3) is 0 Å². The lowest BCUT2D eigenvalue weighted by molar-refractivity contribution is 0.339. The molecule has 1 aromatic heterocycles. The van der Waals surface area contributed by atoms with E-state index in [2.05, 4.69) is 13.8 Å². The molecule has 0 bridgehead atoms. The van der Waals surface area contributed by atoms with Crippen molar-refractivity contribution in [2.75, 3.05) is 0 Å². The van der Waals surface area contributed by atoms with Crippen molar-refractivity contribution in [2.24, 2.45) is 5.73 Å². The molecular formula is C11H19NO. The van der Waals surface area contributed by atoms with Crippen LogP contribution in [0.4, 0.5) is 0 Å². The van der Waals surface area contributed by atoms with Crippen LogP contribution >= 0.6 is 0 Å². The fraction of sp³-hybridized carbons (Fsp3) is 0.636. The summed E-state index contributed by atoms with van der Waals surface area (Å²) in [6.45, 7) is 8.31. The van der Waals surface area contributed by atoms with E-state index in [9.17, 15) is 0 Å². The standard InChI is InChI=1S/C11H19NO/c1-8(12)7-11(3,4)10-6-5-9(2)13-10/h5-6,8H,7,12H2,1-4H3. The van der Waals surface area contributed by atoms with Gasteiger partial charge in [0.2, 0.25) is 0 Å². The Labute approximate surface area is 80.1 Å². The summed E-state index contributed by atoms with van der Waals surface area (Å²) in [5.41, 5.74) is 5.83. The van der Waals surface area contributed by atoms with Gasteiger partial charge in [-0.2, -0.15) is 0 Å². The fourth-order valence-electron chi connectivity index (χ4n) is 1.70. The van der Waals surface area contributed by atoms with Gasteiger partial charge in [0.15, 0.2) is 0 Å². The molecule has 0 aliphatic carbocycles. The lowest BCUT2D eigenvalue weighted by atomic mass is 9.84. The van der Waals surface area contributed by atoms with Crippen molar-refractivity contribution in [3.63, 3.8) is 0 Å². The van der Waals surface area contributed by atoms with E-state index in [1.54, 1.807) is 0 Å². The van der Waals surface area contributed by atoms with Crippen molar-refractivity contribution in [1.82, 2.24) is 0 Å². The van der Waals surface area contributed by atoms with Crippen molar-refractivity contribution in [3.05, 3.63) is 23.7 Å². The molecule has 0 fully saturated rings. The van der Waals surface area contributed by atoms with Crippen molar-refractivity contribution < 1.29 is 4.42 Å². The predicted molar refractivity (Wildman–Crippen MR) is 54.7 cm³/mol. The molecule has 13 heavy (non-hydrogen) atoms. The van der Waals surface area contributed by atoms with Gasteiger partial charge in [0.05, 0.1) is 0 Å². The van der Waals surface area contributed by atoms with E-state index in [0.717, 1.165) is 17.9 Å². The molecule has 0 spiro atoms. The van der Waals surface area contributed by atoms with Gasteiger partial charge in [0, 0.05) is 11.5 Å². The van der Waals surface area contributed by atoms with Crippen LogP contribution in [0.1, 0.15) is 38.7 Å².